The number of esters is 1. The molecule has 0 aromatic rings. The summed E-state index contributed by atoms with van der Waals surface area (Å²) in [6.45, 7) is 15.0. The first-order valence-electron chi connectivity index (χ1n) is 8.11. The van der Waals surface area contributed by atoms with Gasteiger partial charge in [0.15, 0.2) is 0 Å². The highest BCUT2D eigenvalue weighted by Gasteiger charge is 2.37. The molecule has 126 valence electrons. The van der Waals surface area contributed by atoms with Gasteiger partial charge >= 0.3 is 5.97 Å². The molecule has 0 spiro atoms. The normalized spacial score (nSPS) is 17.9. The molecule has 0 saturated heterocycles. The Kier molecular flexibility index (Phi) is 8.49. The maximum absolute atomic E-state index is 12.2. The summed E-state index contributed by atoms with van der Waals surface area (Å²) in [6.07, 6.45) is 1.89. The number of nitrogens with one attached hydrogen (secondary N) is 1. The van der Waals surface area contributed by atoms with Gasteiger partial charge in [-0.1, -0.05) is 13.8 Å². The summed E-state index contributed by atoms with van der Waals surface area (Å²) in [6, 6.07) is 1.04. The predicted molar refractivity (Wildman–Crippen MR) is 89.5 cm³/mol. The van der Waals surface area contributed by atoms with Crippen molar-refractivity contribution in [1.82, 2.24) is 10.2 Å². The zero-order valence-corrected chi connectivity index (χ0v) is 15.5. The van der Waals surface area contributed by atoms with Crippen LogP contribution in [0.2, 0.25) is 0 Å². The highest BCUT2D eigenvalue weighted by Crippen LogP contribution is 2.21. The van der Waals surface area contributed by atoms with Gasteiger partial charge in [0.05, 0.1) is 7.11 Å². The van der Waals surface area contributed by atoms with Crippen LogP contribution in [-0.4, -0.2) is 48.7 Å². The number of carbonyl (C=O) groups is 1. The van der Waals surface area contributed by atoms with E-state index in [1.165, 1.54) is 7.11 Å². The fourth-order valence-electron chi connectivity index (χ4n) is 3.08. The molecule has 0 aromatic carbocycles. The minimum absolute atomic E-state index is 0.187. The smallest absolute Gasteiger partial charge is 0.325 e. The summed E-state index contributed by atoms with van der Waals surface area (Å²) in [7, 11) is 3.60. The van der Waals surface area contributed by atoms with Gasteiger partial charge in [-0.3, -0.25) is 10.1 Å². The lowest BCUT2D eigenvalue weighted by molar-refractivity contribution is -0.149. The molecular weight excluding hydrogens is 264 g/mol. The Bertz CT molecular complexity index is 318. The lowest BCUT2D eigenvalue weighted by Gasteiger charge is -2.38. The maximum atomic E-state index is 12.2. The average molecular weight is 300 g/mol. The van der Waals surface area contributed by atoms with Crippen molar-refractivity contribution in [2.24, 2.45) is 5.92 Å². The molecule has 4 nitrogen and oxygen atoms in total. The standard InChI is InChI=1S/C17H36N2O2/c1-12(2)10-14(5)19(8)15(6)11-17(7,16(20)21-9)18-13(3)4/h12-15,18H,10-11H2,1-9H3. The van der Waals surface area contributed by atoms with Gasteiger partial charge in [-0.2, -0.15) is 0 Å². The molecule has 3 unspecified atom stereocenters. The maximum Gasteiger partial charge on any atom is 0.325 e. The lowest BCUT2D eigenvalue weighted by atomic mass is 9.91. The van der Waals surface area contributed by atoms with Gasteiger partial charge in [-0.05, 0) is 60.4 Å². The van der Waals surface area contributed by atoms with Crippen molar-refractivity contribution in [3.8, 4) is 0 Å². The molecule has 21 heavy (non-hydrogen) atoms. The zero-order chi connectivity index (χ0) is 16.8. The zero-order valence-electron chi connectivity index (χ0n) is 15.5. The number of hydrogen-bond acceptors (Lipinski definition) is 4. The van der Waals surface area contributed by atoms with Crippen LogP contribution >= 0.6 is 0 Å². The molecule has 4 heteroatoms. The van der Waals surface area contributed by atoms with Crippen LogP contribution in [0.4, 0.5) is 0 Å². The van der Waals surface area contributed by atoms with Crippen molar-refractivity contribution in [1.29, 1.82) is 0 Å². The monoisotopic (exact) mass is 300 g/mol. The van der Waals surface area contributed by atoms with Crippen molar-refractivity contribution in [3.63, 3.8) is 0 Å². The van der Waals surface area contributed by atoms with Gasteiger partial charge in [-0.25, -0.2) is 0 Å². The van der Waals surface area contributed by atoms with Gasteiger partial charge in [0.25, 0.3) is 0 Å². The summed E-state index contributed by atoms with van der Waals surface area (Å²) < 4.78 is 5.00. The first kappa shape index (κ1) is 20.4. The molecule has 3 atom stereocenters. The molecule has 0 rings (SSSR count). The van der Waals surface area contributed by atoms with E-state index >= 15 is 0 Å². The number of methoxy groups -OCH3 is 1. The fourth-order valence-corrected chi connectivity index (χ4v) is 3.08. The van der Waals surface area contributed by atoms with E-state index in [4.69, 9.17) is 4.74 Å². The largest absolute Gasteiger partial charge is 0.468 e. The summed E-state index contributed by atoms with van der Waals surface area (Å²) in [5.41, 5.74) is -0.645. The third-order valence-corrected chi connectivity index (χ3v) is 4.15. The van der Waals surface area contributed by atoms with E-state index in [9.17, 15) is 4.79 Å². The second-order valence-electron chi connectivity index (χ2n) is 7.32. The molecule has 0 saturated carbocycles. The number of nitrogens with zero attached hydrogens (tertiary/aromatic N) is 1. The Hall–Kier alpha value is -0.610. The fraction of sp³-hybridized carbons (Fsp3) is 0.941. The van der Waals surface area contributed by atoms with Crippen LogP contribution < -0.4 is 5.32 Å². The molecule has 0 heterocycles. The van der Waals surface area contributed by atoms with Crippen LogP contribution in [0.15, 0.2) is 0 Å². The molecule has 0 radical (unpaired) electrons. The van der Waals surface area contributed by atoms with Crippen molar-refractivity contribution < 1.29 is 9.53 Å². The topological polar surface area (TPSA) is 41.6 Å². The summed E-state index contributed by atoms with van der Waals surface area (Å²) in [5.74, 6) is 0.489. The Labute approximate surface area is 131 Å². The predicted octanol–water partition coefficient (Wildman–Crippen LogP) is 3.06. The SMILES string of the molecule is COC(=O)C(C)(CC(C)N(C)C(C)CC(C)C)NC(C)C. The molecule has 0 fully saturated rings. The summed E-state index contributed by atoms with van der Waals surface area (Å²) in [4.78, 5) is 14.5. The third kappa shape index (κ3) is 6.79. The second-order valence-corrected chi connectivity index (χ2v) is 7.32. The number of rotatable bonds is 9. The van der Waals surface area contributed by atoms with Crippen LogP contribution in [-0.2, 0) is 9.53 Å². The van der Waals surface area contributed by atoms with Crippen molar-refractivity contribution in [2.45, 2.75) is 85.0 Å². The summed E-state index contributed by atoms with van der Waals surface area (Å²) >= 11 is 0. The van der Waals surface area contributed by atoms with Crippen LogP contribution in [0.25, 0.3) is 0 Å². The molecule has 0 aromatic heterocycles. The van der Waals surface area contributed by atoms with Crippen LogP contribution in [0.3, 0.4) is 0 Å². The molecule has 0 aliphatic heterocycles. The minimum Gasteiger partial charge on any atom is -0.468 e. The minimum atomic E-state index is -0.645. The number of hydrogen-bond donors (Lipinski definition) is 1. The molecule has 1 N–H and O–H groups in total. The van der Waals surface area contributed by atoms with Crippen LogP contribution in [0.5, 0.6) is 0 Å². The molecule has 0 aliphatic rings. The van der Waals surface area contributed by atoms with E-state index in [1.54, 1.807) is 0 Å². The van der Waals surface area contributed by atoms with Crippen molar-refractivity contribution in [3.05, 3.63) is 0 Å². The van der Waals surface area contributed by atoms with Crippen molar-refractivity contribution in [2.75, 3.05) is 14.2 Å². The Morgan fingerprint density at radius 1 is 1.14 bits per heavy atom. The van der Waals surface area contributed by atoms with Gasteiger partial charge in [0.1, 0.15) is 5.54 Å². The third-order valence-electron chi connectivity index (χ3n) is 4.15. The number of carbonyl (C=O) groups excluding carboxylic acids is 1. The average Bonchev–Trinajstić information content (AvgIpc) is 2.34. The van der Waals surface area contributed by atoms with Crippen LogP contribution in [0, 0.1) is 5.92 Å². The lowest BCUT2D eigenvalue weighted by Crippen LogP contribution is -2.56. The molecular formula is C17H36N2O2. The van der Waals surface area contributed by atoms with E-state index in [-0.39, 0.29) is 12.0 Å². The molecule has 0 aliphatic carbocycles. The van der Waals surface area contributed by atoms with Crippen LogP contribution in [0.1, 0.15) is 61.3 Å². The van der Waals surface area contributed by atoms with Crippen molar-refractivity contribution >= 4 is 5.97 Å². The van der Waals surface area contributed by atoms with E-state index in [0.29, 0.717) is 18.0 Å². The van der Waals surface area contributed by atoms with E-state index in [0.717, 1.165) is 12.8 Å². The quantitative estimate of drug-likeness (QED) is 0.665. The first-order valence-corrected chi connectivity index (χ1v) is 8.11. The van der Waals surface area contributed by atoms with Gasteiger partial charge in [0, 0.05) is 18.1 Å². The van der Waals surface area contributed by atoms with E-state index < -0.39 is 5.54 Å². The number of ether oxygens (including phenoxy) is 1. The Morgan fingerprint density at radius 3 is 2.05 bits per heavy atom. The summed E-state index contributed by atoms with van der Waals surface area (Å²) in [5, 5.41) is 3.37. The highest BCUT2D eigenvalue weighted by molar-refractivity contribution is 5.80. The molecule has 0 bridgehead atoms. The Morgan fingerprint density at radius 2 is 1.67 bits per heavy atom. The second kappa shape index (κ2) is 8.74. The van der Waals surface area contributed by atoms with Gasteiger partial charge < -0.3 is 9.64 Å². The molecule has 0 amide bonds. The first-order chi connectivity index (χ1) is 9.53. The highest BCUT2D eigenvalue weighted by atomic mass is 16.5. The van der Waals surface area contributed by atoms with Gasteiger partial charge in [0.2, 0.25) is 0 Å². The van der Waals surface area contributed by atoms with E-state index in [2.05, 4.69) is 58.8 Å². The van der Waals surface area contributed by atoms with E-state index in [1.807, 2.05) is 6.92 Å². The Balaban J connectivity index is 4.87. The van der Waals surface area contributed by atoms with Gasteiger partial charge in [-0.15, -0.1) is 0 Å².